The Kier molecular flexibility index (Phi) is 7.19. The number of nitrogens with zero attached hydrogens (tertiary/aromatic N) is 3. The van der Waals surface area contributed by atoms with Crippen molar-refractivity contribution in [1.82, 2.24) is 10.7 Å². The number of hydrazone groups is 1. The molecule has 10 heteroatoms. The molecule has 1 amide bonds. The summed E-state index contributed by atoms with van der Waals surface area (Å²) in [4.78, 5) is 12.7. The van der Waals surface area contributed by atoms with Gasteiger partial charge in [0.1, 0.15) is 0 Å². The van der Waals surface area contributed by atoms with Crippen molar-refractivity contribution in [3.8, 4) is 11.5 Å². The van der Waals surface area contributed by atoms with E-state index in [0.717, 1.165) is 11.1 Å². The fourth-order valence-electron chi connectivity index (χ4n) is 2.71. The molecule has 3 aromatic rings. The van der Waals surface area contributed by atoms with Crippen LogP contribution in [0.4, 0.5) is 0 Å². The Morgan fingerprint density at radius 3 is 2.18 bits per heavy atom. The van der Waals surface area contributed by atoms with Gasteiger partial charge in [0, 0.05) is 15.6 Å². The number of halogens is 2. The molecule has 0 unspecified atom stereocenters. The zero-order valence-corrected chi connectivity index (χ0v) is 18.5. The Morgan fingerprint density at radius 2 is 1.48 bits per heavy atom. The standard InChI is InChI=1S/C23H17Cl2N5O3/c24-18-6-1-15(2-7-18)12-26-29-23(30-27-13-16-3-8-19(25)9-4-16)28-22(31)17-5-10-20-21(11-17)33-14-32-20/h1-13H,14H2,(H2,28,29,30,31). The smallest absolute Gasteiger partial charge is 0.258 e. The molecule has 0 fully saturated rings. The Morgan fingerprint density at radius 1 is 0.848 bits per heavy atom. The number of guanidine groups is 1. The second-order valence-electron chi connectivity index (χ2n) is 6.69. The lowest BCUT2D eigenvalue weighted by Gasteiger charge is -2.07. The van der Waals surface area contributed by atoms with E-state index in [1.807, 2.05) is 0 Å². The number of ether oxygens (including phenoxy) is 2. The van der Waals surface area contributed by atoms with Crippen LogP contribution in [0.2, 0.25) is 10.0 Å². The molecule has 0 spiro atoms. The Hall–Kier alpha value is -3.88. The van der Waals surface area contributed by atoms with E-state index in [-0.39, 0.29) is 12.8 Å². The van der Waals surface area contributed by atoms with Crippen LogP contribution in [0.5, 0.6) is 11.5 Å². The van der Waals surface area contributed by atoms with Gasteiger partial charge in [0.15, 0.2) is 11.5 Å². The fraction of sp³-hybridized carbons (Fsp3) is 0.0435. The van der Waals surface area contributed by atoms with Crippen LogP contribution in [0.3, 0.4) is 0 Å². The SMILES string of the molecule is O=C(NC(=NN=Cc1ccc(Cl)cc1)NN=Cc1ccc(Cl)cc1)c1ccc2c(c1)OCO2. The van der Waals surface area contributed by atoms with Gasteiger partial charge >= 0.3 is 0 Å². The predicted molar refractivity (Wildman–Crippen MR) is 129 cm³/mol. The number of carbonyl (C=O) groups is 1. The Labute approximate surface area is 199 Å². The third-order valence-electron chi connectivity index (χ3n) is 4.36. The molecule has 0 bridgehead atoms. The van der Waals surface area contributed by atoms with E-state index in [0.29, 0.717) is 27.1 Å². The summed E-state index contributed by atoms with van der Waals surface area (Å²) in [5, 5.41) is 16.1. The van der Waals surface area contributed by atoms with E-state index >= 15 is 0 Å². The number of hydrogen-bond donors (Lipinski definition) is 2. The van der Waals surface area contributed by atoms with Crippen LogP contribution in [-0.4, -0.2) is 31.1 Å². The summed E-state index contributed by atoms with van der Waals surface area (Å²) >= 11 is 11.8. The second kappa shape index (κ2) is 10.6. The minimum absolute atomic E-state index is 0.0214. The molecule has 0 saturated carbocycles. The summed E-state index contributed by atoms with van der Waals surface area (Å²) in [5.41, 5.74) is 4.64. The van der Waals surface area contributed by atoms with Gasteiger partial charge in [0.25, 0.3) is 5.91 Å². The molecule has 166 valence electrons. The van der Waals surface area contributed by atoms with Crippen LogP contribution in [0.1, 0.15) is 21.5 Å². The largest absolute Gasteiger partial charge is 0.454 e. The van der Waals surface area contributed by atoms with Gasteiger partial charge in [-0.2, -0.15) is 10.2 Å². The number of carbonyl (C=O) groups excluding carboxylic acids is 1. The van der Waals surface area contributed by atoms with Crippen molar-refractivity contribution < 1.29 is 14.3 Å². The monoisotopic (exact) mass is 481 g/mol. The number of amides is 1. The quantitative estimate of drug-likeness (QED) is 0.319. The predicted octanol–water partition coefficient (Wildman–Crippen LogP) is 4.47. The second-order valence-corrected chi connectivity index (χ2v) is 7.56. The molecule has 0 atom stereocenters. The van der Waals surface area contributed by atoms with E-state index in [1.165, 1.54) is 6.21 Å². The maximum atomic E-state index is 12.7. The maximum Gasteiger partial charge on any atom is 0.258 e. The van der Waals surface area contributed by atoms with Gasteiger partial charge in [-0.15, -0.1) is 5.10 Å². The highest BCUT2D eigenvalue weighted by molar-refractivity contribution is 6.30. The number of hydrogen-bond acceptors (Lipinski definition) is 6. The van der Waals surface area contributed by atoms with Gasteiger partial charge in [0.2, 0.25) is 12.8 Å². The minimum Gasteiger partial charge on any atom is -0.454 e. The van der Waals surface area contributed by atoms with E-state index in [4.69, 9.17) is 32.7 Å². The molecular formula is C23H17Cl2N5O3. The topological polar surface area (TPSA) is 96.7 Å². The lowest BCUT2D eigenvalue weighted by atomic mass is 10.2. The van der Waals surface area contributed by atoms with Crippen molar-refractivity contribution in [1.29, 1.82) is 0 Å². The van der Waals surface area contributed by atoms with Crippen LogP contribution in [-0.2, 0) is 0 Å². The third-order valence-corrected chi connectivity index (χ3v) is 4.86. The van der Waals surface area contributed by atoms with Gasteiger partial charge in [-0.3, -0.25) is 10.1 Å². The molecule has 3 aromatic carbocycles. The molecule has 8 nitrogen and oxygen atoms in total. The zero-order chi connectivity index (χ0) is 23.0. The van der Waals surface area contributed by atoms with E-state index in [1.54, 1.807) is 72.9 Å². The van der Waals surface area contributed by atoms with Gasteiger partial charge in [-0.25, -0.2) is 5.43 Å². The van der Waals surface area contributed by atoms with Crippen molar-refractivity contribution in [3.63, 3.8) is 0 Å². The van der Waals surface area contributed by atoms with Gasteiger partial charge in [-0.05, 0) is 53.6 Å². The van der Waals surface area contributed by atoms with Gasteiger partial charge < -0.3 is 9.47 Å². The van der Waals surface area contributed by atoms with Gasteiger partial charge in [0.05, 0.1) is 12.4 Å². The van der Waals surface area contributed by atoms with Crippen molar-refractivity contribution in [2.24, 2.45) is 15.3 Å². The Bertz CT molecular complexity index is 1230. The van der Waals surface area contributed by atoms with Crippen LogP contribution < -0.4 is 20.2 Å². The first-order valence-electron chi connectivity index (χ1n) is 9.69. The highest BCUT2D eigenvalue weighted by Gasteiger charge is 2.17. The highest BCUT2D eigenvalue weighted by Crippen LogP contribution is 2.32. The van der Waals surface area contributed by atoms with Gasteiger partial charge in [-0.1, -0.05) is 47.5 Å². The van der Waals surface area contributed by atoms with Crippen LogP contribution in [0.15, 0.2) is 82.0 Å². The normalized spacial score (nSPS) is 13.0. The van der Waals surface area contributed by atoms with Crippen molar-refractivity contribution in [2.75, 3.05) is 6.79 Å². The molecule has 0 aromatic heterocycles. The summed E-state index contributed by atoms with van der Waals surface area (Å²) in [6.45, 7) is 0.119. The van der Waals surface area contributed by atoms with Crippen molar-refractivity contribution >= 4 is 47.5 Å². The molecule has 0 radical (unpaired) electrons. The maximum absolute atomic E-state index is 12.7. The summed E-state index contributed by atoms with van der Waals surface area (Å²) in [7, 11) is 0. The zero-order valence-electron chi connectivity index (χ0n) is 17.0. The first-order valence-corrected chi connectivity index (χ1v) is 10.4. The number of nitrogens with one attached hydrogen (secondary N) is 2. The van der Waals surface area contributed by atoms with E-state index < -0.39 is 5.91 Å². The molecular weight excluding hydrogens is 465 g/mol. The number of rotatable bonds is 5. The average molecular weight is 482 g/mol. The summed E-state index contributed by atoms with van der Waals surface area (Å²) < 4.78 is 10.6. The highest BCUT2D eigenvalue weighted by atomic mass is 35.5. The van der Waals surface area contributed by atoms with Crippen molar-refractivity contribution in [2.45, 2.75) is 0 Å². The molecule has 1 aliphatic rings. The summed E-state index contributed by atoms with van der Waals surface area (Å²) in [6, 6.07) is 19.0. The lowest BCUT2D eigenvalue weighted by Crippen LogP contribution is -2.38. The van der Waals surface area contributed by atoms with E-state index in [9.17, 15) is 4.79 Å². The fourth-order valence-corrected chi connectivity index (χ4v) is 2.96. The molecule has 0 saturated heterocycles. The average Bonchev–Trinajstić information content (AvgIpc) is 3.29. The molecule has 2 N–H and O–H groups in total. The molecule has 0 aliphatic carbocycles. The first kappa shape index (κ1) is 22.3. The number of benzene rings is 3. The molecule has 33 heavy (non-hydrogen) atoms. The molecule has 4 rings (SSSR count). The van der Waals surface area contributed by atoms with Crippen LogP contribution in [0, 0.1) is 0 Å². The Balaban J connectivity index is 1.49. The molecule has 1 heterocycles. The van der Waals surface area contributed by atoms with Crippen molar-refractivity contribution in [3.05, 3.63) is 93.5 Å². The molecule has 1 aliphatic heterocycles. The lowest BCUT2D eigenvalue weighted by molar-refractivity contribution is 0.0975. The third kappa shape index (κ3) is 6.31. The van der Waals surface area contributed by atoms with Crippen LogP contribution in [0.25, 0.3) is 0 Å². The number of fused-ring (bicyclic) bond motifs is 1. The van der Waals surface area contributed by atoms with Crippen LogP contribution >= 0.6 is 23.2 Å². The minimum atomic E-state index is -0.428. The van der Waals surface area contributed by atoms with E-state index in [2.05, 4.69) is 26.0 Å². The first-order chi connectivity index (χ1) is 16.1. The summed E-state index contributed by atoms with van der Waals surface area (Å²) in [6.07, 6.45) is 3.08. The summed E-state index contributed by atoms with van der Waals surface area (Å²) in [5.74, 6) is 0.672.